The number of carboxylic acids is 1. The Kier molecular flexibility index (Phi) is 4.83. The molecule has 2 rings (SSSR count). The second-order valence-corrected chi connectivity index (χ2v) is 5.54. The van der Waals surface area contributed by atoms with Gasteiger partial charge in [0, 0.05) is 25.4 Å². The van der Waals surface area contributed by atoms with Crippen LogP contribution in [0.25, 0.3) is 0 Å². The number of carbonyl (C=O) groups excluding carboxylic acids is 1. The number of benzene rings is 1. The normalized spacial score (nSPS) is 16.2. The number of hydrogen-bond acceptors (Lipinski definition) is 3. The second-order valence-electron chi connectivity index (χ2n) is 5.54. The number of aryl methyl sites for hydroxylation is 1. The van der Waals surface area contributed by atoms with Crippen molar-refractivity contribution in [2.75, 3.05) is 20.2 Å². The van der Waals surface area contributed by atoms with Gasteiger partial charge in [-0.15, -0.1) is 0 Å². The van der Waals surface area contributed by atoms with E-state index >= 15 is 0 Å². The summed E-state index contributed by atoms with van der Waals surface area (Å²) in [7, 11) is 1.62. The van der Waals surface area contributed by atoms with Gasteiger partial charge in [-0.3, -0.25) is 9.59 Å². The molecule has 5 nitrogen and oxygen atoms in total. The molecule has 0 radical (unpaired) electrons. The molecule has 1 N–H and O–H groups in total. The third-order valence-corrected chi connectivity index (χ3v) is 4.12. The molecule has 1 aromatic carbocycles. The fraction of sp³-hybridized carbons (Fsp3) is 0.500. The fourth-order valence-electron chi connectivity index (χ4n) is 2.47. The fourth-order valence-corrected chi connectivity index (χ4v) is 2.47. The van der Waals surface area contributed by atoms with Gasteiger partial charge in [-0.1, -0.05) is 19.1 Å². The zero-order chi connectivity index (χ0) is 15.4. The summed E-state index contributed by atoms with van der Waals surface area (Å²) in [6.45, 7) is 2.82. The Morgan fingerprint density at radius 1 is 1.43 bits per heavy atom. The van der Waals surface area contributed by atoms with Gasteiger partial charge in [0.05, 0.1) is 13.0 Å². The van der Waals surface area contributed by atoms with E-state index in [4.69, 9.17) is 9.84 Å². The molecule has 1 unspecified atom stereocenters. The van der Waals surface area contributed by atoms with Crippen molar-refractivity contribution in [3.63, 3.8) is 0 Å². The summed E-state index contributed by atoms with van der Waals surface area (Å²) in [6, 6.07) is 7.69. The Bertz CT molecular complexity index is 523. The Balaban J connectivity index is 1.77. The van der Waals surface area contributed by atoms with E-state index in [9.17, 15) is 9.59 Å². The summed E-state index contributed by atoms with van der Waals surface area (Å²) in [5.74, 6) is -0.204. The van der Waals surface area contributed by atoms with Gasteiger partial charge in [-0.05, 0) is 24.1 Å². The van der Waals surface area contributed by atoms with Crippen molar-refractivity contribution in [2.45, 2.75) is 19.8 Å². The monoisotopic (exact) mass is 291 g/mol. The van der Waals surface area contributed by atoms with Crippen LogP contribution in [-0.4, -0.2) is 42.1 Å². The molecule has 1 heterocycles. The van der Waals surface area contributed by atoms with E-state index in [1.54, 1.807) is 18.9 Å². The van der Waals surface area contributed by atoms with Crippen molar-refractivity contribution in [3.8, 4) is 5.75 Å². The molecular formula is C16H21NO4. The van der Waals surface area contributed by atoms with Crippen molar-refractivity contribution in [1.29, 1.82) is 0 Å². The van der Waals surface area contributed by atoms with Crippen molar-refractivity contribution < 1.29 is 19.4 Å². The number of methoxy groups -OCH3 is 1. The Morgan fingerprint density at radius 2 is 2.14 bits per heavy atom. The topological polar surface area (TPSA) is 66.8 Å². The molecule has 0 bridgehead atoms. The lowest BCUT2D eigenvalue weighted by Gasteiger charge is -2.41. The molecule has 1 saturated heterocycles. The number of aliphatic carboxylic acids is 1. The van der Waals surface area contributed by atoms with Gasteiger partial charge in [-0.2, -0.15) is 0 Å². The van der Waals surface area contributed by atoms with Crippen LogP contribution >= 0.6 is 0 Å². The summed E-state index contributed by atoms with van der Waals surface area (Å²) in [5.41, 5.74) is 1.07. The van der Waals surface area contributed by atoms with Gasteiger partial charge >= 0.3 is 5.97 Å². The van der Waals surface area contributed by atoms with Crippen LogP contribution in [-0.2, 0) is 16.0 Å². The highest BCUT2D eigenvalue weighted by molar-refractivity contribution is 5.78. The largest absolute Gasteiger partial charge is 0.497 e. The first-order valence-electron chi connectivity index (χ1n) is 7.14. The summed E-state index contributed by atoms with van der Waals surface area (Å²) >= 11 is 0. The maximum Gasteiger partial charge on any atom is 0.306 e. The minimum absolute atomic E-state index is 0.0864. The van der Waals surface area contributed by atoms with Crippen molar-refractivity contribution in [3.05, 3.63) is 29.8 Å². The second kappa shape index (κ2) is 6.61. The number of rotatable bonds is 6. The highest BCUT2D eigenvalue weighted by Crippen LogP contribution is 2.25. The van der Waals surface area contributed by atoms with Gasteiger partial charge in [-0.25, -0.2) is 0 Å². The van der Waals surface area contributed by atoms with Crippen LogP contribution in [0.1, 0.15) is 18.9 Å². The summed E-state index contributed by atoms with van der Waals surface area (Å²) in [6.07, 6.45) is 1.12. The van der Waals surface area contributed by atoms with E-state index < -0.39 is 5.97 Å². The van der Waals surface area contributed by atoms with Crippen molar-refractivity contribution in [2.24, 2.45) is 11.8 Å². The third-order valence-electron chi connectivity index (χ3n) is 4.12. The molecule has 0 aliphatic carbocycles. The molecule has 21 heavy (non-hydrogen) atoms. The van der Waals surface area contributed by atoms with Crippen LogP contribution in [0.3, 0.4) is 0 Å². The van der Waals surface area contributed by atoms with Crippen LogP contribution in [0.15, 0.2) is 24.3 Å². The number of carboxylic acid groups (broad SMARTS) is 1. The van der Waals surface area contributed by atoms with E-state index in [2.05, 4.69) is 0 Å². The minimum Gasteiger partial charge on any atom is -0.497 e. The summed E-state index contributed by atoms with van der Waals surface area (Å²) in [5, 5.41) is 8.93. The lowest BCUT2D eigenvalue weighted by Crippen LogP contribution is -2.53. The Morgan fingerprint density at radius 3 is 2.76 bits per heavy atom. The van der Waals surface area contributed by atoms with Crippen LogP contribution in [0.2, 0.25) is 0 Å². The van der Waals surface area contributed by atoms with Crippen molar-refractivity contribution in [1.82, 2.24) is 4.90 Å². The molecule has 1 atom stereocenters. The van der Waals surface area contributed by atoms with Crippen molar-refractivity contribution >= 4 is 11.9 Å². The zero-order valence-corrected chi connectivity index (χ0v) is 12.4. The first-order chi connectivity index (χ1) is 10.0. The highest BCUT2D eigenvalue weighted by atomic mass is 16.5. The smallest absolute Gasteiger partial charge is 0.306 e. The lowest BCUT2D eigenvalue weighted by molar-refractivity contribution is -0.150. The van der Waals surface area contributed by atoms with Gasteiger partial charge in [0.1, 0.15) is 5.75 Å². The summed E-state index contributed by atoms with van der Waals surface area (Å²) in [4.78, 5) is 24.6. The van der Waals surface area contributed by atoms with Crippen LogP contribution in [0.5, 0.6) is 5.75 Å². The molecule has 0 spiro atoms. The molecular weight excluding hydrogens is 270 g/mol. The maximum atomic E-state index is 12.0. The zero-order valence-electron chi connectivity index (χ0n) is 12.4. The molecule has 1 amide bonds. The Labute approximate surface area is 124 Å². The average molecular weight is 291 g/mol. The van der Waals surface area contributed by atoms with Gasteiger partial charge in [0.25, 0.3) is 0 Å². The first kappa shape index (κ1) is 15.4. The lowest BCUT2D eigenvalue weighted by atomic mass is 9.87. The van der Waals surface area contributed by atoms with Crippen LogP contribution in [0.4, 0.5) is 0 Å². The van der Waals surface area contributed by atoms with Gasteiger partial charge < -0.3 is 14.7 Å². The third kappa shape index (κ3) is 3.74. The SMILES string of the molecule is COc1cccc(CCC(=O)N2CC(C(C)C(=O)O)C2)c1. The highest BCUT2D eigenvalue weighted by Gasteiger charge is 2.36. The Hall–Kier alpha value is -2.04. The number of nitrogens with zero attached hydrogens (tertiary/aromatic N) is 1. The van der Waals surface area contributed by atoms with E-state index in [-0.39, 0.29) is 17.7 Å². The standard InChI is InChI=1S/C16H21NO4/c1-11(16(19)20)13-9-17(10-13)15(18)7-6-12-4-3-5-14(8-12)21-2/h3-5,8,11,13H,6-7,9-10H2,1-2H3,(H,19,20). The molecule has 1 aliphatic rings. The summed E-state index contributed by atoms with van der Waals surface area (Å²) < 4.78 is 5.15. The number of likely N-dealkylation sites (tertiary alicyclic amines) is 1. The van der Waals surface area contributed by atoms with E-state index in [1.807, 2.05) is 24.3 Å². The van der Waals surface area contributed by atoms with E-state index in [1.165, 1.54) is 0 Å². The first-order valence-corrected chi connectivity index (χ1v) is 7.14. The van der Waals surface area contributed by atoms with Gasteiger partial charge in [0.15, 0.2) is 0 Å². The maximum absolute atomic E-state index is 12.0. The minimum atomic E-state index is -0.788. The van der Waals surface area contributed by atoms with E-state index in [0.717, 1.165) is 11.3 Å². The molecule has 0 aromatic heterocycles. The van der Waals surface area contributed by atoms with Crippen LogP contribution < -0.4 is 4.74 Å². The molecule has 114 valence electrons. The molecule has 1 fully saturated rings. The quantitative estimate of drug-likeness (QED) is 0.868. The predicted octanol–water partition coefficient (Wildman–Crippen LogP) is 1.81. The average Bonchev–Trinajstić information content (AvgIpc) is 2.43. The number of amides is 1. The molecule has 1 aliphatic heterocycles. The van der Waals surface area contributed by atoms with E-state index in [0.29, 0.717) is 25.9 Å². The number of carbonyl (C=O) groups is 2. The molecule has 5 heteroatoms. The van der Waals surface area contributed by atoms with Crippen LogP contribution in [0, 0.1) is 11.8 Å². The number of ether oxygens (including phenoxy) is 1. The van der Waals surface area contributed by atoms with Gasteiger partial charge in [0.2, 0.25) is 5.91 Å². The predicted molar refractivity (Wildman–Crippen MR) is 78.2 cm³/mol. The number of hydrogen-bond donors (Lipinski definition) is 1. The molecule has 0 saturated carbocycles. The molecule has 1 aromatic rings.